The van der Waals surface area contributed by atoms with E-state index < -0.39 is 11.6 Å². The number of carbonyl (C=O) groups is 2. The van der Waals surface area contributed by atoms with Gasteiger partial charge in [-0.3, -0.25) is 4.79 Å². The molecule has 0 aromatic rings. The molecule has 1 rings (SSSR count). The summed E-state index contributed by atoms with van der Waals surface area (Å²) in [6.45, 7) is 4.80. The number of primary amides is 1. The molecule has 0 radical (unpaired) electrons. The maximum atomic E-state index is 12.3. The fourth-order valence-corrected chi connectivity index (χ4v) is 2.44. The van der Waals surface area contributed by atoms with Gasteiger partial charge in [0.2, 0.25) is 5.91 Å². The van der Waals surface area contributed by atoms with Gasteiger partial charge in [-0.2, -0.15) is 0 Å². The van der Waals surface area contributed by atoms with Gasteiger partial charge in [-0.1, -0.05) is 13.8 Å². The number of nitrogens with two attached hydrogens (primary N) is 1. The molecule has 19 heavy (non-hydrogen) atoms. The van der Waals surface area contributed by atoms with Crippen molar-refractivity contribution in [3.63, 3.8) is 0 Å². The number of hydrogen-bond donors (Lipinski definition) is 3. The van der Waals surface area contributed by atoms with E-state index in [2.05, 4.69) is 5.32 Å². The highest BCUT2D eigenvalue weighted by molar-refractivity contribution is 5.81. The molecule has 0 aromatic heterocycles. The number of hydrogen-bond acceptors (Lipinski definition) is 3. The molecule has 1 atom stereocenters. The van der Waals surface area contributed by atoms with Crippen LogP contribution in [0.3, 0.4) is 0 Å². The van der Waals surface area contributed by atoms with Crippen LogP contribution in [0, 0.1) is 5.92 Å². The molecule has 0 spiro atoms. The molecule has 110 valence electrons. The molecule has 1 unspecified atom stereocenters. The summed E-state index contributed by atoms with van der Waals surface area (Å²) in [6, 6.07) is -0.475. The van der Waals surface area contributed by atoms with Crippen LogP contribution in [0.1, 0.15) is 39.5 Å². The van der Waals surface area contributed by atoms with Gasteiger partial charge in [0.15, 0.2) is 0 Å². The minimum atomic E-state index is -0.550. The van der Waals surface area contributed by atoms with Crippen molar-refractivity contribution in [2.24, 2.45) is 11.7 Å². The fraction of sp³-hybridized carbons (Fsp3) is 0.846. The summed E-state index contributed by atoms with van der Waals surface area (Å²) in [5.41, 5.74) is 4.70. The predicted octanol–water partition coefficient (Wildman–Crippen LogP) is 0.444. The summed E-state index contributed by atoms with van der Waals surface area (Å²) >= 11 is 0. The van der Waals surface area contributed by atoms with Crippen molar-refractivity contribution in [1.82, 2.24) is 10.2 Å². The summed E-state index contributed by atoms with van der Waals surface area (Å²) in [7, 11) is 0. The number of nitrogens with one attached hydrogen (secondary N) is 1. The van der Waals surface area contributed by atoms with Crippen molar-refractivity contribution < 1.29 is 14.7 Å². The normalized spacial score (nSPS) is 20.2. The zero-order valence-electron chi connectivity index (χ0n) is 11.8. The highest BCUT2D eigenvalue weighted by Gasteiger charge is 2.33. The monoisotopic (exact) mass is 271 g/mol. The van der Waals surface area contributed by atoms with Gasteiger partial charge in [-0.15, -0.1) is 0 Å². The Morgan fingerprint density at radius 3 is 2.53 bits per heavy atom. The summed E-state index contributed by atoms with van der Waals surface area (Å²) in [5.74, 6) is -0.325. The van der Waals surface area contributed by atoms with Crippen LogP contribution in [0.2, 0.25) is 0 Å². The maximum absolute atomic E-state index is 12.3. The molecule has 1 saturated heterocycles. The minimum Gasteiger partial charge on any atom is -0.394 e. The molecule has 6 heteroatoms. The third-order valence-electron chi connectivity index (χ3n) is 4.15. The summed E-state index contributed by atoms with van der Waals surface area (Å²) < 4.78 is 0. The second kappa shape index (κ2) is 6.75. The van der Waals surface area contributed by atoms with E-state index in [1.54, 1.807) is 0 Å². The van der Waals surface area contributed by atoms with Crippen molar-refractivity contribution in [3.8, 4) is 0 Å². The molecule has 0 aromatic carbocycles. The Balaban J connectivity index is 2.64. The molecular weight excluding hydrogens is 246 g/mol. The van der Waals surface area contributed by atoms with E-state index in [-0.39, 0.29) is 18.4 Å². The highest BCUT2D eigenvalue weighted by atomic mass is 16.3. The third kappa shape index (κ3) is 3.83. The summed E-state index contributed by atoms with van der Waals surface area (Å²) in [6.07, 6.45) is 2.89. The lowest BCUT2D eigenvalue weighted by atomic mass is 9.91. The van der Waals surface area contributed by atoms with Crippen molar-refractivity contribution in [3.05, 3.63) is 0 Å². The van der Waals surface area contributed by atoms with E-state index in [0.29, 0.717) is 25.9 Å². The average Bonchev–Trinajstić information content (AvgIpc) is 2.45. The number of urea groups is 1. The molecule has 0 saturated carbocycles. The van der Waals surface area contributed by atoms with Gasteiger partial charge in [-0.25, -0.2) is 4.79 Å². The molecule has 3 amide bonds. The Morgan fingerprint density at radius 2 is 2.05 bits per heavy atom. The van der Waals surface area contributed by atoms with Gasteiger partial charge in [0.05, 0.1) is 18.1 Å². The topological polar surface area (TPSA) is 95.7 Å². The number of aliphatic hydroxyl groups is 1. The molecule has 1 fully saturated rings. The SMILES string of the molecule is CCC(CC)(CO)NC(=O)C1CCCN(C(N)=O)C1. The number of likely N-dealkylation sites (tertiary alicyclic amines) is 1. The van der Waals surface area contributed by atoms with E-state index in [1.807, 2.05) is 13.8 Å². The van der Waals surface area contributed by atoms with Crippen molar-refractivity contribution in [1.29, 1.82) is 0 Å². The maximum Gasteiger partial charge on any atom is 0.314 e. The van der Waals surface area contributed by atoms with Crippen LogP contribution in [-0.2, 0) is 4.79 Å². The van der Waals surface area contributed by atoms with E-state index in [9.17, 15) is 14.7 Å². The van der Waals surface area contributed by atoms with Gasteiger partial charge < -0.3 is 21.1 Å². The predicted molar refractivity (Wildman–Crippen MR) is 72.4 cm³/mol. The number of carbonyl (C=O) groups excluding carboxylic acids is 2. The molecular formula is C13H25N3O3. The summed E-state index contributed by atoms with van der Waals surface area (Å²) in [5, 5.41) is 12.4. The van der Waals surface area contributed by atoms with Crippen LogP contribution in [0.15, 0.2) is 0 Å². The lowest BCUT2D eigenvalue weighted by Crippen LogP contribution is -2.55. The Hall–Kier alpha value is -1.30. The van der Waals surface area contributed by atoms with Crippen LogP contribution < -0.4 is 11.1 Å². The first kappa shape index (κ1) is 15.8. The first-order valence-corrected chi connectivity index (χ1v) is 6.95. The number of piperidine rings is 1. The smallest absolute Gasteiger partial charge is 0.314 e. The van der Waals surface area contributed by atoms with Crippen LogP contribution in [-0.4, -0.2) is 47.2 Å². The van der Waals surface area contributed by atoms with Crippen LogP contribution in [0.4, 0.5) is 4.79 Å². The van der Waals surface area contributed by atoms with Gasteiger partial charge in [0.1, 0.15) is 0 Å². The zero-order valence-corrected chi connectivity index (χ0v) is 11.8. The van der Waals surface area contributed by atoms with Gasteiger partial charge in [0, 0.05) is 13.1 Å². The van der Waals surface area contributed by atoms with Crippen molar-refractivity contribution in [2.45, 2.75) is 45.1 Å². The number of aliphatic hydroxyl groups excluding tert-OH is 1. The summed E-state index contributed by atoms with van der Waals surface area (Å²) in [4.78, 5) is 24.9. The lowest BCUT2D eigenvalue weighted by Gasteiger charge is -2.35. The lowest BCUT2D eigenvalue weighted by molar-refractivity contribution is -0.129. The Bertz CT molecular complexity index is 321. The molecule has 0 bridgehead atoms. The second-order valence-electron chi connectivity index (χ2n) is 5.26. The van der Waals surface area contributed by atoms with E-state index in [1.165, 1.54) is 4.90 Å². The third-order valence-corrected chi connectivity index (χ3v) is 4.15. The largest absolute Gasteiger partial charge is 0.394 e. The van der Waals surface area contributed by atoms with Gasteiger partial charge in [-0.05, 0) is 25.7 Å². The fourth-order valence-electron chi connectivity index (χ4n) is 2.44. The zero-order chi connectivity index (χ0) is 14.5. The first-order valence-electron chi connectivity index (χ1n) is 6.95. The van der Waals surface area contributed by atoms with Gasteiger partial charge >= 0.3 is 6.03 Å². The number of amides is 3. The molecule has 1 aliphatic heterocycles. The molecule has 6 nitrogen and oxygen atoms in total. The van der Waals surface area contributed by atoms with Crippen molar-refractivity contribution in [2.75, 3.05) is 19.7 Å². The Kier molecular flexibility index (Phi) is 5.60. The number of rotatable bonds is 5. The Labute approximate surface area is 114 Å². The quantitative estimate of drug-likeness (QED) is 0.677. The molecule has 0 aliphatic carbocycles. The first-order chi connectivity index (χ1) is 8.98. The van der Waals surface area contributed by atoms with Crippen LogP contribution in [0.5, 0.6) is 0 Å². The molecule has 1 aliphatic rings. The highest BCUT2D eigenvalue weighted by Crippen LogP contribution is 2.20. The minimum absolute atomic E-state index is 0.0714. The van der Waals surface area contributed by atoms with E-state index >= 15 is 0 Å². The van der Waals surface area contributed by atoms with Crippen molar-refractivity contribution >= 4 is 11.9 Å². The van der Waals surface area contributed by atoms with Gasteiger partial charge in [0.25, 0.3) is 0 Å². The number of nitrogens with zero attached hydrogens (tertiary/aromatic N) is 1. The van der Waals surface area contributed by atoms with E-state index in [4.69, 9.17) is 5.73 Å². The second-order valence-corrected chi connectivity index (χ2v) is 5.26. The average molecular weight is 271 g/mol. The van der Waals surface area contributed by atoms with E-state index in [0.717, 1.165) is 12.8 Å². The standard InChI is InChI=1S/C13H25N3O3/c1-3-13(4-2,9-17)15-11(18)10-6-5-7-16(8-10)12(14)19/h10,17H,3-9H2,1-2H3,(H2,14,19)(H,15,18). The molecule has 1 heterocycles. The Morgan fingerprint density at radius 1 is 1.42 bits per heavy atom. The van der Waals surface area contributed by atoms with Crippen LogP contribution in [0.25, 0.3) is 0 Å². The molecule has 4 N–H and O–H groups in total. The van der Waals surface area contributed by atoms with Crippen LogP contribution >= 0.6 is 0 Å².